The predicted molar refractivity (Wildman–Crippen MR) is 69.3 cm³/mol. The lowest BCUT2D eigenvalue weighted by Gasteiger charge is -2.18. The van der Waals surface area contributed by atoms with E-state index in [1.54, 1.807) is 6.20 Å². The third kappa shape index (κ3) is 4.19. The summed E-state index contributed by atoms with van der Waals surface area (Å²) in [6.07, 6.45) is 3.92. The second-order valence-corrected chi connectivity index (χ2v) is 4.55. The van der Waals surface area contributed by atoms with Gasteiger partial charge in [-0.05, 0) is 43.9 Å². The van der Waals surface area contributed by atoms with Gasteiger partial charge in [-0.3, -0.25) is 0 Å². The first-order valence-electron chi connectivity index (χ1n) is 6.06. The number of aromatic nitrogens is 1. The van der Waals surface area contributed by atoms with Gasteiger partial charge in [0.15, 0.2) is 0 Å². The summed E-state index contributed by atoms with van der Waals surface area (Å²) >= 11 is 0. The zero-order valence-electron chi connectivity index (χ0n) is 10.5. The summed E-state index contributed by atoms with van der Waals surface area (Å²) in [5.74, 6) is 1.30. The smallest absolute Gasteiger partial charge is 0.126 e. The minimum absolute atomic E-state index is 0.567. The molecule has 90 valence electrons. The number of rotatable bonds is 6. The second-order valence-electron chi connectivity index (χ2n) is 4.55. The van der Waals surface area contributed by atoms with Crippen LogP contribution in [0, 0.1) is 5.92 Å². The summed E-state index contributed by atoms with van der Waals surface area (Å²) in [7, 11) is 0. The first kappa shape index (κ1) is 13.0. The lowest BCUT2D eigenvalue weighted by atomic mass is 9.95. The van der Waals surface area contributed by atoms with Crippen molar-refractivity contribution in [3.05, 3.63) is 23.9 Å². The topological polar surface area (TPSA) is 50.9 Å². The van der Waals surface area contributed by atoms with E-state index in [0.717, 1.165) is 13.0 Å². The molecule has 0 aliphatic rings. The number of anilines is 1. The Balaban J connectivity index is 2.45. The third-order valence-electron chi connectivity index (χ3n) is 2.80. The Kier molecular flexibility index (Phi) is 5.26. The van der Waals surface area contributed by atoms with Gasteiger partial charge in [-0.1, -0.05) is 19.9 Å². The first-order chi connectivity index (χ1) is 7.63. The minimum Gasteiger partial charge on any atom is -0.383 e. The number of pyridine rings is 1. The molecular weight excluding hydrogens is 198 g/mol. The maximum Gasteiger partial charge on any atom is 0.126 e. The highest BCUT2D eigenvalue weighted by atomic mass is 14.9. The Morgan fingerprint density at radius 1 is 1.44 bits per heavy atom. The average molecular weight is 221 g/mol. The number of nitrogens with zero attached hydrogens (tertiary/aromatic N) is 1. The summed E-state index contributed by atoms with van der Waals surface area (Å²) in [5, 5.41) is 3.43. The van der Waals surface area contributed by atoms with E-state index < -0.39 is 0 Å². The molecule has 1 aromatic rings. The lowest BCUT2D eigenvalue weighted by Crippen LogP contribution is -2.27. The Bertz CT molecular complexity index is 312. The van der Waals surface area contributed by atoms with Crippen LogP contribution in [0.1, 0.15) is 32.8 Å². The molecule has 0 spiro atoms. The van der Waals surface area contributed by atoms with Crippen molar-refractivity contribution in [3.8, 4) is 0 Å². The van der Waals surface area contributed by atoms with Gasteiger partial charge in [-0.25, -0.2) is 4.98 Å². The van der Waals surface area contributed by atoms with Crippen LogP contribution in [0.5, 0.6) is 0 Å². The van der Waals surface area contributed by atoms with E-state index in [4.69, 9.17) is 5.73 Å². The molecule has 0 saturated heterocycles. The van der Waals surface area contributed by atoms with Crippen molar-refractivity contribution in [1.82, 2.24) is 10.3 Å². The van der Waals surface area contributed by atoms with Crippen molar-refractivity contribution in [2.24, 2.45) is 5.92 Å². The highest BCUT2D eigenvalue weighted by Gasteiger charge is 2.10. The lowest BCUT2D eigenvalue weighted by molar-refractivity contribution is 0.426. The molecule has 0 amide bonds. The summed E-state index contributed by atoms with van der Waals surface area (Å²) in [4.78, 5) is 4.11. The quantitative estimate of drug-likeness (QED) is 0.774. The molecule has 0 radical (unpaired) electrons. The molecule has 0 aromatic carbocycles. The standard InChI is InChI=1S/C13H23N3/c1-4-15-11(3)8-10(2)9-12-6-5-7-16-13(12)14/h5-7,10-11,15H,4,8-9H2,1-3H3,(H2,14,16). The summed E-state index contributed by atoms with van der Waals surface area (Å²) < 4.78 is 0. The molecule has 0 bridgehead atoms. The monoisotopic (exact) mass is 221 g/mol. The van der Waals surface area contributed by atoms with E-state index in [1.807, 2.05) is 6.07 Å². The maximum atomic E-state index is 5.83. The first-order valence-corrected chi connectivity index (χ1v) is 6.06. The van der Waals surface area contributed by atoms with E-state index in [2.05, 4.69) is 37.1 Å². The molecule has 0 aliphatic carbocycles. The zero-order chi connectivity index (χ0) is 12.0. The van der Waals surface area contributed by atoms with Crippen LogP contribution in [0.4, 0.5) is 5.82 Å². The van der Waals surface area contributed by atoms with Crippen molar-refractivity contribution in [2.45, 2.75) is 39.7 Å². The Morgan fingerprint density at radius 2 is 2.19 bits per heavy atom. The second kappa shape index (κ2) is 6.48. The van der Waals surface area contributed by atoms with Gasteiger partial charge in [0.1, 0.15) is 5.82 Å². The zero-order valence-corrected chi connectivity index (χ0v) is 10.5. The number of nitrogens with one attached hydrogen (secondary N) is 1. The normalized spacial score (nSPS) is 14.7. The fourth-order valence-corrected chi connectivity index (χ4v) is 2.12. The molecule has 16 heavy (non-hydrogen) atoms. The highest BCUT2D eigenvalue weighted by molar-refractivity contribution is 5.38. The van der Waals surface area contributed by atoms with E-state index in [-0.39, 0.29) is 0 Å². The van der Waals surface area contributed by atoms with Gasteiger partial charge in [0.2, 0.25) is 0 Å². The number of nitrogen functional groups attached to an aromatic ring is 1. The van der Waals surface area contributed by atoms with Gasteiger partial charge < -0.3 is 11.1 Å². The third-order valence-corrected chi connectivity index (χ3v) is 2.80. The van der Waals surface area contributed by atoms with Crippen LogP contribution in [0.3, 0.4) is 0 Å². The highest BCUT2D eigenvalue weighted by Crippen LogP contribution is 2.16. The fourth-order valence-electron chi connectivity index (χ4n) is 2.12. The Labute approximate surface area is 98.5 Å². The van der Waals surface area contributed by atoms with Gasteiger partial charge >= 0.3 is 0 Å². The van der Waals surface area contributed by atoms with Gasteiger partial charge in [0.05, 0.1) is 0 Å². The Hall–Kier alpha value is -1.09. The molecular formula is C13H23N3. The molecule has 2 unspecified atom stereocenters. The molecule has 0 aliphatic heterocycles. The SMILES string of the molecule is CCNC(C)CC(C)Cc1cccnc1N. The van der Waals surface area contributed by atoms with Crippen molar-refractivity contribution < 1.29 is 0 Å². The fraction of sp³-hybridized carbons (Fsp3) is 0.615. The molecule has 0 fully saturated rings. The molecule has 3 heteroatoms. The summed E-state index contributed by atoms with van der Waals surface area (Å²) in [6.45, 7) is 7.66. The van der Waals surface area contributed by atoms with Crippen molar-refractivity contribution in [2.75, 3.05) is 12.3 Å². The molecule has 3 N–H and O–H groups in total. The van der Waals surface area contributed by atoms with Crippen LogP contribution in [0.15, 0.2) is 18.3 Å². The van der Waals surface area contributed by atoms with Crippen LogP contribution >= 0.6 is 0 Å². The van der Waals surface area contributed by atoms with E-state index in [1.165, 1.54) is 12.0 Å². The van der Waals surface area contributed by atoms with E-state index >= 15 is 0 Å². The maximum absolute atomic E-state index is 5.83. The van der Waals surface area contributed by atoms with Crippen LogP contribution in [-0.2, 0) is 6.42 Å². The molecule has 2 atom stereocenters. The van der Waals surface area contributed by atoms with Crippen LogP contribution in [0.2, 0.25) is 0 Å². The minimum atomic E-state index is 0.567. The predicted octanol–water partition coefficient (Wildman–Crippen LogP) is 2.23. The van der Waals surface area contributed by atoms with E-state index in [0.29, 0.717) is 17.8 Å². The molecule has 1 heterocycles. The summed E-state index contributed by atoms with van der Waals surface area (Å²) in [5.41, 5.74) is 7.00. The molecule has 1 rings (SSSR count). The number of hydrogen-bond acceptors (Lipinski definition) is 3. The van der Waals surface area contributed by atoms with E-state index in [9.17, 15) is 0 Å². The molecule has 1 aromatic heterocycles. The van der Waals surface area contributed by atoms with Gasteiger partial charge in [-0.2, -0.15) is 0 Å². The average Bonchev–Trinajstić information content (AvgIpc) is 2.21. The van der Waals surface area contributed by atoms with Crippen molar-refractivity contribution >= 4 is 5.82 Å². The Morgan fingerprint density at radius 3 is 2.81 bits per heavy atom. The largest absolute Gasteiger partial charge is 0.383 e. The molecule has 3 nitrogen and oxygen atoms in total. The van der Waals surface area contributed by atoms with Gasteiger partial charge in [0, 0.05) is 12.2 Å². The number of nitrogens with two attached hydrogens (primary N) is 1. The van der Waals surface area contributed by atoms with Crippen LogP contribution in [-0.4, -0.2) is 17.6 Å². The van der Waals surface area contributed by atoms with Gasteiger partial charge in [-0.15, -0.1) is 0 Å². The molecule has 0 saturated carbocycles. The van der Waals surface area contributed by atoms with Crippen LogP contribution in [0.25, 0.3) is 0 Å². The van der Waals surface area contributed by atoms with Gasteiger partial charge in [0.25, 0.3) is 0 Å². The van der Waals surface area contributed by atoms with Crippen LogP contribution < -0.4 is 11.1 Å². The summed E-state index contributed by atoms with van der Waals surface area (Å²) in [6, 6.07) is 4.58. The number of hydrogen-bond donors (Lipinski definition) is 2. The van der Waals surface area contributed by atoms with Crippen molar-refractivity contribution in [1.29, 1.82) is 0 Å². The van der Waals surface area contributed by atoms with Crippen molar-refractivity contribution in [3.63, 3.8) is 0 Å².